The van der Waals surface area contributed by atoms with E-state index >= 15 is 0 Å². The number of benzene rings is 1. The molecule has 1 atom stereocenters. The fourth-order valence-corrected chi connectivity index (χ4v) is 3.40. The van der Waals surface area contributed by atoms with E-state index in [-0.39, 0.29) is 11.3 Å². The standard InChI is InChI=1S/C12H15NO3S/c1-3-10(8-9-13)17(14,15)12-7-5-4-6-11(12)16-2/h4-7,10H,3,8H2,1-2H3. The average molecular weight is 253 g/mol. The summed E-state index contributed by atoms with van der Waals surface area (Å²) in [5, 5.41) is 7.98. The van der Waals surface area contributed by atoms with Crippen LogP contribution in [-0.4, -0.2) is 20.8 Å². The van der Waals surface area contributed by atoms with E-state index < -0.39 is 15.1 Å². The monoisotopic (exact) mass is 253 g/mol. The third-order valence-corrected chi connectivity index (χ3v) is 4.92. The SMILES string of the molecule is CCC(CC#N)S(=O)(=O)c1ccccc1OC. The van der Waals surface area contributed by atoms with E-state index in [1.165, 1.54) is 13.2 Å². The van der Waals surface area contributed by atoms with E-state index in [2.05, 4.69) is 0 Å². The van der Waals surface area contributed by atoms with Crippen molar-refractivity contribution in [3.8, 4) is 11.8 Å². The molecule has 1 aromatic rings. The Labute approximate surface area is 102 Å². The highest BCUT2D eigenvalue weighted by Crippen LogP contribution is 2.28. The largest absolute Gasteiger partial charge is 0.495 e. The zero-order valence-electron chi connectivity index (χ0n) is 9.88. The molecule has 92 valence electrons. The van der Waals surface area contributed by atoms with Gasteiger partial charge >= 0.3 is 0 Å². The van der Waals surface area contributed by atoms with Crippen LogP contribution >= 0.6 is 0 Å². The maximum Gasteiger partial charge on any atom is 0.185 e. The Kier molecular flexibility index (Phi) is 4.53. The predicted molar refractivity (Wildman–Crippen MR) is 64.5 cm³/mol. The van der Waals surface area contributed by atoms with Crippen molar-refractivity contribution in [1.29, 1.82) is 5.26 Å². The molecular formula is C12H15NO3S. The highest BCUT2D eigenvalue weighted by Gasteiger charge is 2.28. The molecule has 1 rings (SSSR count). The second-order valence-electron chi connectivity index (χ2n) is 3.59. The number of hydrogen-bond acceptors (Lipinski definition) is 4. The molecular weight excluding hydrogens is 238 g/mol. The van der Waals surface area contributed by atoms with Gasteiger partial charge in [0.05, 0.1) is 24.8 Å². The molecule has 1 aromatic carbocycles. The maximum atomic E-state index is 12.3. The van der Waals surface area contributed by atoms with Gasteiger partial charge in [-0.15, -0.1) is 0 Å². The quantitative estimate of drug-likeness (QED) is 0.806. The van der Waals surface area contributed by atoms with Crippen molar-refractivity contribution in [1.82, 2.24) is 0 Å². The Morgan fingerprint density at radius 2 is 2.06 bits per heavy atom. The van der Waals surface area contributed by atoms with Gasteiger partial charge in [0, 0.05) is 0 Å². The summed E-state index contributed by atoms with van der Waals surface area (Å²) < 4.78 is 29.6. The van der Waals surface area contributed by atoms with Gasteiger partial charge in [-0.25, -0.2) is 8.42 Å². The first kappa shape index (κ1) is 13.5. The predicted octanol–water partition coefficient (Wildman–Crippen LogP) is 2.16. The van der Waals surface area contributed by atoms with Crippen molar-refractivity contribution in [3.63, 3.8) is 0 Å². The molecule has 0 N–H and O–H groups in total. The molecule has 1 unspecified atom stereocenters. The van der Waals surface area contributed by atoms with Crippen LogP contribution in [0.3, 0.4) is 0 Å². The molecule has 0 spiro atoms. The summed E-state index contributed by atoms with van der Waals surface area (Å²) in [6.45, 7) is 1.76. The van der Waals surface area contributed by atoms with Gasteiger partial charge in [-0.2, -0.15) is 5.26 Å². The van der Waals surface area contributed by atoms with E-state index in [9.17, 15) is 8.42 Å². The molecule has 0 aliphatic carbocycles. The third kappa shape index (κ3) is 2.77. The molecule has 0 saturated carbocycles. The minimum Gasteiger partial charge on any atom is -0.495 e. The van der Waals surface area contributed by atoms with E-state index in [0.717, 1.165) is 0 Å². The summed E-state index contributed by atoms with van der Waals surface area (Å²) >= 11 is 0. The van der Waals surface area contributed by atoms with E-state index in [0.29, 0.717) is 12.2 Å². The molecule has 0 amide bonds. The summed E-state index contributed by atoms with van der Waals surface area (Å²) in [6.07, 6.45) is 0.408. The number of para-hydroxylation sites is 1. The first-order valence-corrected chi connectivity index (χ1v) is 6.86. The van der Waals surface area contributed by atoms with Gasteiger partial charge in [0.2, 0.25) is 0 Å². The summed E-state index contributed by atoms with van der Waals surface area (Å²) in [5.41, 5.74) is 0. The fraction of sp³-hybridized carbons (Fsp3) is 0.417. The summed E-state index contributed by atoms with van der Waals surface area (Å²) in [6, 6.07) is 8.38. The number of nitriles is 1. The lowest BCUT2D eigenvalue weighted by Gasteiger charge is -2.15. The minimum absolute atomic E-state index is 0.00309. The highest BCUT2D eigenvalue weighted by molar-refractivity contribution is 7.92. The lowest BCUT2D eigenvalue weighted by Crippen LogP contribution is -2.20. The number of rotatable bonds is 5. The lowest BCUT2D eigenvalue weighted by molar-refractivity contribution is 0.402. The molecule has 0 heterocycles. The lowest BCUT2D eigenvalue weighted by atomic mass is 10.3. The van der Waals surface area contributed by atoms with Crippen LogP contribution in [0.5, 0.6) is 5.75 Å². The molecule has 0 fully saturated rings. The summed E-state index contributed by atoms with van der Waals surface area (Å²) in [5.74, 6) is 0.323. The zero-order chi connectivity index (χ0) is 12.9. The summed E-state index contributed by atoms with van der Waals surface area (Å²) in [4.78, 5) is 0.157. The van der Waals surface area contributed by atoms with Gasteiger partial charge in [-0.1, -0.05) is 19.1 Å². The van der Waals surface area contributed by atoms with Gasteiger partial charge in [-0.05, 0) is 18.6 Å². The van der Waals surface area contributed by atoms with E-state index in [4.69, 9.17) is 10.00 Å². The fourth-order valence-electron chi connectivity index (χ4n) is 1.61. The van der Waals surface area contributed by atoms with Crippen LogP contribution in [-0.2, 0) is 9.84 Å². The van der Waals surface area contributed by atoms with E-state index in [1.54, 1.807) is 25.1 Å². The van der Waals surface area contributed by atoms with Gasteiger partial charge in [0.15, 0.2) is 9.84 Å². The topological polar surface area (TPSA) is 67.2 Å². The van der Waals surface area contributed by atoms with Crippen LogP contribution in [0.25, 0.3) is 0 Å². The van der Waals surface area contributed by atoms with Crippen LogP contribution < -0.4 is 4.74 Å². The van der Waals surface area contributed by atoms with Crippen molar-refractivity contribution < 1.29 is 13.2 Å². The molecule has 0 bridgehead atoms. The van der Waals surface area contributed by atoms with E-state index in [1.807, 2.05) is 6.07 Å². The van der Waals surface area contributed by atoms with Crippen LogP contribution in [0.2, 0.25) is 0 Å². The first-order chi connectivity index (χ1) is 8.07. The van der Waals surface area contributed by atoms with Crippen molar-refractivity contribution in [2.75, 3.05) is 7.11 Å². The molecule has 5 heteroatoms. The second kappa shape index (κ2) is 5.69. The number of ether oxygens (including phenoxy) is 1. The van der Waals surface area contributed by atoms with Gasteiger partial charge in [0.25, 0.3) is 0 Å². The molecule has 0 radical (unpaired) electrons. The third-order valence-electron chi connectivity index (χ3n) is 2.59. The normalized spacial score (nSPS) is 12.8. The number of methoxy groups -OCH3 is 1. The maximum absolute atomic E-state index is 12.3. The van der Waals surface area contributed by atoms with Crippen LogP contribution in [0, 0.1) is 11.3 Å². The molecule has 4 nitrogen and oxygen atoms in total. The minimum atomic E-state index is -3.50. The zero-order valence-corrected chi connectivity index (χ0v) is 10.7. The molecule has 0 aromatic heterocycles. The van der Waals surface area contributed by atoms with Gasteiger partial charge < -0.3 is 4.74 Å². The Morgan fingerprint density at radius 3 is 2.59 bits per heavy atom. The van der Waals surface area contributed by atoms with Crippen LogP contribution in [0.1, 0.15) is 19.8 Å². The van der Waals surface area contributed by atoms with Crippen molar-refractivity contribution in [2.24, 2.45) is 0 Å². The Hall–Kier alpha value is -1.54. The molecule has 0 aliphatic heterocycles. The number of nitrogens with zero attached hydrogens (tertiary/aromatic N) is 1. The molecule has 17 heavy (non-hydrogen) atoms. The van der Waals surface area contributed by atoms with Crippen molar-refractivity contribution in [3.05, 3.63) is 24.3 Å². The van der Waals surface area contributed by atoms with Gasteiger partial charge in [-0.3, -0.25) is 0 Å². The first-order valence-electron chi connectivity index (χ1n) is 5.31. The molecule has 0 aliphatic rings. The van der Waals surface area contributed by atoms with Crippen LogP contribution in [0.15, 0.2) is 29.2 Å². The Morgan fingerprint density at radius 1 is 1.41 bits per heavy atom. The van der Waals surface area contributed by atoms with Crippen LogP contribution in [0.4, 0.5) is 0 Å². The van der Waals surface area contributed by atoms with Crippen molar-refractivity contribution >= 4 is 9.84 Å². The van der Waals surface area contributed by atoms with Gasteiger partial charge in [0.1, 0.15) is 10.6 Å². The van der Waals surface area contributed by atoms with Crippen molar-refractivity contribution in [2.45, 2.75) is 29.9 Å². The number of hydrogen-bond donors (Lipinski definition) is 0. The highest BCUT2D eigenvalue weighted by atomic mass is 32.2. The average Bonchev–Trinajstić information content (AvgIpc) is 2.35. The Balaban J connectivity index is 3.26. The second-order valence-corrected chi connectivity index (χ2v) is 5.78. The Bertz CT molecular complexity index is 517. The summed E-state index contributed by atoms with van der Waals surface area (Å²) in [7, 11) is -2.07. The smallest absolute Gasteiger partial charge is 0.185 e. The molecule has 0 saturated heterocycles. The number of sulfone groups is 1.